The number of pyridine rings is 2. The van der Waals surface area contributed by atoms with E-state index in [-0.39, 0.29) is 18.1 Å². The smallest absolute Gasteiger partial charge is 0.361 e. The molecule has 0 bridgehead atoms. The molecule has 4 heterocycles. The van der Waals surface area contributed by atoms with Crippen molar-refractivity contribution >= 4 is 17.6 Å². The number of rotatable bonds is 5. The molecule has 4 aromatic heterocycles. The average Bonchev–Trinajstić information content (AvgIpc) is 3.33. The third-order valence-electron chi connectivity index (χ3n) is 4.54. The number of anilines is 2. The Kier molecular flexibility index (Phi) is 5.77. The van der Waals surface area contributed by atoms with Gasteiger partial charge in [0, 0.05) is 23.5 Å². The van der Waals surface area contributed by atoms with Crippen molar-refractivity contribution < 1.29 is 31.7 Å². The highest BCUT2D eigenvalue weighted by Gasteiger charge is 2.31. The van der Waals surface area contributed by atoms with Gasteiger partial charge in [0.2, 0.25) is 11.8 Å². The number of nitrogens with one attached hydrogen (secondary N) is 2. The molecule has 0 radical (unpaired) electrons. The number of carbonyl (C=O) groups excluding carboxylic acids is 1. The molecule has 0 aliphatic carbocycles. The fourth-order valence-electron chi connectivity index (χ4n) is 3.07. The second-order valence-corrected chi connectivity index (χ2v) is 7.04. The Bertz CT molecular complexity index is 1260. The lowest BCUT2D eigenvalue weighted by atomic mass is 10.1. The molecule has 4 aromatic rings. The van der Waals surface area contributed by atoms with Crippen LogP contribution in [0.15, 0.2) is 52.0 Å². The maximum Gasteiger partial charge on any atom is 0.417 e. The molecule has 0 aliphatic heterocycles. The minimum atomic E-state index is -4.57. The lowest BCUT2D eigenvalue weighted by Gasteiger charge is -2.08. The zero-order chi connectivity index (χ0) is 23.6. The van der Waals surface area contributed by atoms with Crippen molar-refractivity contribution in [1.29, 1.82) is 0 Å². The van der Waals surface area contributed by atoms with Crippen molar-refractivity contribution in [3.05, 3.63) is 65.7 Å². The van der Waals surface area contributed by atoms with Gasteiger partial charge >= 0.3 is 18.1 Å². The summed E-state index contributed by atoms with van der Waals surface area (Å²) >= 11 is 0. The summed E-state index contributed by atoms with van der Waals surface area (Å²) in [5.74, 6) is 0.683. The zero-order valence-corrected chi connectivity index (χ0v) is 17.3. The highest BCUT2D eigenvalue weighted by Crippen LogP contribution is 2.30. The fraction of sp³-hybridized carbons (Fsp3) is 0.200. The molecule has 0 saturated carbocycles. The number of aromatic nitrogens is 5. The van der Waals surface area contributed by atoms with E-state index < -0.39 is 17.8 Å². The van der Waals surface area contributed by atoms with Crippen LogP contribution < -0.4 is 15.3 Å². The predicted molar refractivity (Wildman–Crippen MR) is 107 cm³/mol. The van der Waals surface area contributed by atoms with Crippen molar-refractivity contribution in [2.45, 2.75) is 26.6 Å². The topological polar surface area (TPSA) is 123 Å². The molecule has 2 amide bonds. The van der Waals surface area contributed by atoms with Crippen LogP contribution in [0.5, 0.6) is 0 Å². The third-order valence-corrected chi connectivity index (χ3v) is 4.54. The number of amides is 2. The first-order valence-corrected chi connectivity index (χ1v) is 9.54. The molecule has 2 N–H and O–H groups in total. The molecule has 10 nitrogen and oxygen atoms in total. The number of urea groups is 1. The Morgan fingerprint density at radius 1 is 1.12 bits per heavy atom. The van der Waals surface area contributed by atoms with Crippen LogP contribution in [0.4, 0.5) is 29.5 Å². The molecule has 0 unspecified atom stereocenters. The van der Waals surface area contributed by atoms with Crippen LogP contribution in [0.25, 0.3) is 11.1 Å². The van der Waals surface area contributed by atoms with E-state index in [9.17, 15) is 18.0 Å². The summed E-state index contributed by atoms with van der Waals surface area (Å²) in [6, 6.07) is 3.64. The van der Waals surface area contributed by atoms with Gasteiger partial charge in [-0.15, -0.1) is 0 Å². The van der Waals surface area contributed by atoms with Crippen molar-refractivity contribution in [2.24, 2.45) is 0 Å². The predicted octanol–water partition coefficient (Wildman–Crippen LogP) is 3.74. The summed E-state index contributed by atoms with van der Waals surface area (Å²) in [5.41, 5.74) is 2.08. The summed E-state index contributed by atoms with van der Waals surface area (Å²) in [4.78, 5) is 19.9. The minimum absolute atomic E-state index is 0.0141. The van der Waals surface area contributed by atoms with Crippen LogP contribution in [-0.2, 0) is 12.7 Å². The van der Waals surface area contributed by atoms with E-state index in [1.165, 1.54) is 10.9 Å². The number of carbonyl (C=O) groups is 1. The molecule has 0 spiro atoms. The second-order valence-electron chi connectivity index (χ2n) is 7.04. The molecule has 0 fully saturated rings. The summed E-state index contributed by atoms with van der Waals surface area (Å²) < 4.78 is 49.9. The molecule has 0 aromatic carbocycles. The largest absolute Gasteiger partial charge is 0.417 e. The number of nitrogens with zero attached hydrogens (tertiary/aromatic N) is 5. The van der Waals surface area contributed by atoms with E-state index in [0.29, 0.717) is 17.7 Å². The Morgan fingerprint density at radius 2 is 1.94 bits per heavy atom. The molecule has 0 atom stereocenters. The lowest BCUT2D eigenvalue weighted by molar-refractivity contribution is -0.755. The molecular weight excluding hydrogens is 443 g/mol. The fourth-order valence-corrected chi connectivity index (χ4v) is 3.07. The van der Waals surface area contributed by atoms with Crippen LogP contribution in [0.3, 0.4) is 0 Å². The quantitative estimate of drug-likeness (QED) is 0.435. The Hall–Kier alpha value is -4.29. The Morgan fingerprint density at radius 3 is 2.61 bits per heavy atom. The van der Waals surface area contributed by atoms with Crippen LogP contribution in [-0.4, -0.2) is 26.4 Å². The van der Waals surface area contributed by atoms with E-state index in [0.717, 1.165) is 29.1 Å². The lowest BCUT2D eigenvalue weighted by Crippen LogP contribution is -2.35. The molecule has 4 rings (SSSR count). The number of hydrogen-bond acceptors (Lipinski definition) is 7. The van der Waals surface area contributed by atoms with Gasteiger partial charge in [-0.3, -0.25) is 19.8 Å². The van der Waals surface area contributed by atoms with E-state index in [4.69, 9.17) is 9.05 Å². The van der Waals surface area contributed by atoms with Crippen molar-refractivity contribution in [2.75, 3.05) is 10.6 Å². The minimum Gasteiger partial charge on any atom is -0.361 e. The number of alkyl halides is 3. The summed E-state index contributed by atoms with van der Waals surface area (Å²) in [6.45, 7) is 3.92. The van der Waals surface area contributed by atoms with Gasteiger partial charge in [-0.2, -0.15) is 13.2 Å². The van der Waals surface area contributed by atoms with E-state index in [1.807, 2.05) is 26.0 Å². The molecule has 13 heteroatoms. The van der Waals surface area contributed by atoms with Gasteiger partial charge in [-0.25, -0.2) is 4.79 Å². The summed E-state index contributed by atoms with van der Waals surface area (Å²) in [7, 11) is 0. The third kappa shape index (κ3) is 5.14. The van der Waals surface area contributed by atoms with Gasteiger partial charge in [0.1, 0.15) is 11.5 Å². The Balaban J connectivity index is 1.37. The van der Waals surface area contributed by atoms with Crippen LogP contribution in [0.2, 0.25) is 0 Å². The first-order chi connectivity index (χ1) is 15.7. The first-order valence-electron chi connectivity index (χ1n) is 9.54. The van der Waals surface area contributed by atoms with Gasteiger partial charge in [-0.05, 0) is 30.7 Å². The molecule has 170 valence electrons. The van der Waals surface area contributed by atoms with E-state index >= 15 is 0 Å². The van der Waals surface area contributed by atoms with E-state index in [2.05, 4.69) is 31.0 Å². The average molecular weight is 460 g/mol. The molecule has 0 saturated heterocycles. The zero-order valence-electron chi connectivity index (χ0n) is 17.3. The van der Waals surface area contributed by atoms with Crippen LogP contribution in [0, 0.1) is 13.8 Å². The van der Waals surface area contributed by atoms with Gasteiger partial charge in [0.25, 0.3) is 6.20 Å². The summed E-state index contributed by atoms with van der Waals surface area (Å²) in [5, 5.41) is 12.3. The number of hydrogen-bond donors (Lipinski definition) is 2. The SMILES string of the molecule is Cc1noc(C)c1-c1ccc(C[n+]2cc(NC(=O)Nc3cncc(C(F)(F)F)c3)on2)nc1. The van der Waals surface area contributed by atoms with Crippen molar-refractivity contribution in [3.8, 4) is 11.1 Å². The molecule has 33 heavy (non-hydrogen) atoms. The van der Waals surface area contributed by atoms with E-state index in [1.54, 1.807) is 6.20 Å². The summed E-state index contributed by atoms with van der Waals surface area (Å²) in [6.07, 6.45) is 0.285. The normalized spacial score (nSPS) is 11.4. The van der Waals surface area contributed by atoms with Gasteiger partial charge < -0.3 is 9.84 Å². The van der Waals surface area contributed by atoms with Crippen LogP contribution >= 0.6 is 0 Å². The second kappa shape index (κ2) is 8.68. The van der Waals surface area contributed by atoms with Gasteiger partial charge in [0.05, 0.1) is 23.1 Å². The highest BCUT2D eigenvalue weighted by atomic mass is 19.4. The monoisotopic (exact) mass is 460 g/mol. The van der Waals surface area contributed by atoms with Gasteiger partial charge in [-0.1, -0.05) is 11.2 Å². The van der Waals surface area contributed by atoms with Crippen molar-refractivity contribution in [3.63, 3.8) is 0 Å². The maximum atomic E-state index is 12.8. The first kappa shape index (κ1) is 21.9. The molecular formula is C20H17F3N7O3+. The Labute approximate surface area is 184 Å². The molecule has 0 aliphatic rings. The number of aryl methyl sites for hydroxylation is 2. The number of halogens is 3. The van der Waals surface area contributed by atoms with Crippen molar-refractivity contribution in [1.82, 2.24) is 20.4 Å². The van der Waals surface area contributed by atoms with Crippen LogP contribution in [0.1, 0.15) is 22.7 Å². The maximum absolute atomic E-state index is 12.8. The standard InChI is InChI=1S/C20H16F3N7O3/c1-11-18(12(2)32-28-11)13-3-4-15(25-6-13)9-30-10-17(33-29-30)27-19(31)26-16-5-14(7-24-8-16)20(21,22)23/h3-8,10H,9H2,1-2H3,(H-,26,27,29,31)/p+1. The highest BCUT2D eigenvalue weighted by molar-refractivity contribution is 5.98. The van der Waals surface area contributed by atoms with Gasteiger partial charge in [0.15, 0.2) is 0 Å².